The van der Waals surface area contributed by atoms with E-state index in [1.54, 1.807) is 6.20 Å². The molecule has 0 radical (unpaired) electrons. The molecule has 1 heterocycles. The number of aromatic nitrogens is 2. The van der Waals surface area contributed by atoms with Gasteiger partial charge in [-0.25, -0.2) is 0 Å². The van der Waals surface area contributed by atoms with Crippen LogP contribution in [0.4, 0.5) is 0 Å². The maximum Gasteiger partial charge on any atom is 0.104 e. The van der Waals surface area contributed by atoms with Crippen molar-refractivity contribution in [1.29, 1.82) is 0 Å². The molecule has 0 bridgehead atoms. The minimum Gasteiger partial charge on any atom is -0.386 e. The average molecular weight is 335 g/mol. The normalized spacial score (nSPS) is 19.4. The molecule has 0 saturated carbocycles. The predicted molar refractivity (Wildman–Crippen MR) is 82.8 cm³/mol. The molecule has 1 N–H and O–H groups in total. The molecule has 2 atom stereocenters. The molecular formula is C16H19BrN2O. The molecule has 0 aliphatic heterocycles. The summed E-state index contributed by atoms with van der Waals surface area (Å²) < 4.78 is 2.80. The van der Waals surface area contributed by atoms with Crippen molar-refractivity contribution in [3.05, 3.63) is 51.8 Å². The van der Waals surface area contributed by atoms with Gasteiger partial charge in [0, 0.05) is 12.0 Å². The zero-order chi connectivity index (χ0) is 14.3. The van der Waals surface area contributed by atoms with Gasteiger partial charge in [0.15, 0.2) is 0 Å². The van der Waals surface area contributed by atoms with Crippen molar-refractivity contribution >= 4 is 15.9 Å². The lowest BCUT2D eigenvalue weighted by atomic mass is 9.93. The Morgan fingerprint density at radius 2 is 2.10 bits per heavy atom. The van der Waals surface area contributed by atoms with Gasteiger partial charge in [0.2, 0.25) is 0 Å². The topological polar surface area (TPSA) is 38.0 Å². The van der Waals surface area contributed by atoms with Crippen molar-refractivity contribution in [2.24, 2.45) is 0 Å². The van der Waals surface area contributed by atoms with Gasteiger partial charge >= 0.3 is 0 Å². The number of rotatable bonds is 3. The minimum atomic E-state index is -0.516. The van der Waals surface area contributed by atoms with Gasteiger partial charge in [0.1, 0.15) is 6.10 Å². The first kappa shape index (κ1) is 13.8. The number of hydrogen-bond donors (Lipinski definition) is 1. The van der Waals surface area contributed by atoms with Gasteiger partial charge in [-0.05, 0) is 53.7 Å². The highest BCUT2D eigenvalue weighted by Gasteiger charge is 2.32. The van der Waals surface area contributed by atoms with E-state index in [4.69, 9.17) is 0 Å². The van der Waals surface area contributed by atoms with Crippen LogP contribution in [0.5, 0.6) is 0 Å². The lowest BCUT2D eigenvalue weighted by Gasteiger charge is -2.22. The van der Waals surface area contributed by atoms with E-state index in [2.05, 4.69) is 59.1 Å². The lowest BCUT2D eigenvalue weighted by molar-refractivity contribution is 0.132. The summed E-state index contributed by atoms with van der Waals surface area (Å²) in [4.78, 5) is 0. The molecule has 1 aromatic carbocycles. The summed E-state index contributed by atoms with van der Waals surface area (Å²) in [6, 6.07) is 8.67. The number of halogens is 1. The second-order valence-electron chi connectivity index (χ2n) is 5.70. The fourth-order valence-electron chi connectivity index (χ4n) is 3.15. The third-order valence-electron chi connectivity index (χ3n) is 4.12. The molecule has 0 spiro atoms. The largest absolute Gasteiger partial charge is 0.386 e. The van der Waals surface area contributed by atoms with E-state index in [0.717, 1.165) is 23.0 Å². The number of aliphatic hydroxyl groups excluding tert-OH is 1. The van der Waals surface area contributed by atoms with Crippen LogP contribution < -0.4 is 0 Å². The molecule has 4 heteroatoms. The van der Waals surface area contributed by atoms with Crippen molar-refractivity contribution in [3.8, 4) is 0 Å². The highest BCUT2D eigenvalue weighted by Crippen LogP contribution is 2.43. The number of aliphatic hydroxyl groups is 1. The van der Waals surface area contributed by atoms with Crippen molar-refractivity contribution in [3.63, 3.8) is 0 Å². The first-order valence-electron chi connectivity index (χ1n) is 7.08. The number of aryl methyl sites for hydroxylation is 1. The molecule has 0 saturated heterocycles. The number of nitrogens with zero attached hydrogens (tertiary/aromatic N) is 2. The van der Waals surface area contributed by atoms with Gasteiger partial charge in [-0.2, -0.15) is 5.10 Å². The van der Waals surface area contributed by atoms with Crippen LogP contribution in [0.3, 0.4) is 0 Å². The quantitative estimate of drug-likeness (QED) is 0.921. The number of hydrogen-bond acceptors (Lipinski definition) is 2. The fraction of sp³-hybridized carbons (Fsp3) is 0.438. The Kier molecular flexibility index (Phi) is 3.69. The standard InChI is InChI=1S/C16H19BrN2O/c1-10(2)19-15(14(17)9-18-19)16(20)13-8-7-11-5-3-4-6-12(11)13/h3-6,9-10,13,16,20H,7-8H2,1-2H3. The second-order valence-corrected chi connectivity index (χ2v) is 6.56. The van der Waals surface area contributed by atoms with Crippen LogP contribution in [0.1, 0.15) is 55.2 Å². The van der Waals surface area contributed by atoms with Crippen molar-refractivity contribution in [1.82, 2.24) is 9.78 Å². The zero-order valence-electron chi connectivity index (χ0n) is 11.8. The summed E-state index contributed by atoms with van der Waals surface area (Å²) in [5, 5.41) is 15.2. The van der Waals surface area contributed by atoms with E-state index in [-0.39, 0.29) is 12.0 Å². The molecule has 3 nitrogen and oxygen atoms in total. The summed E-state index contributed by atoms with van der Waals surface area (Å²) in [6.07, 6.45) is 3.30. The Labute approximate surface area is 127 Å². The number of fused-ring (bicyclic) bond motifs is 1. The Morgan fingerprint density at radius 3 is 2.85 bits per heavy atom. The second kappa shape index (κ2) is 5.34. The smallest absolute Gasteiger partial charge is 0.104 e. The first-order chi connectivity index (χ1) is 9.59. The Bertz CT molecular complexity index is 621. The van der Waals surface area contributed by atoms with E-state index in [9.17, 15) is 5.11 Å². The molecule has 106 valence electrons. The summed E-state index contributed by atoms with van der Waals surface area (Å²) in [7, 11) is 0. The van der Waals surface area contributed by atoms with Gasteiger partial charge in [0.05, 0.1) is 16.4 Å². The molecular weight excluding hydrogens is 316 g/mol. The average Bonchev–Trinajstić information content (AvgIpc) is 3.01. The highest BCUT2D eigenvalue weighted by molar-refractivity contribution is 9.10. The summed E-state index contributed by atoms with van der Waals surface area (Å²) >= 11 is 3.53. The van der Waals surface area contributed by atoms with Crippen LogP contribution in [-0.4, -0.2) is 14.9 Å². The van der Waals surface area contributed by atoms with E-state index in [1.165, 1.54) is 11.1 Å². The van der Waals surface area contributed by atoms with Gasteiger partial charge in [-0.3, -0.25) is 4.68 Å². The minimum absolute atomic E-state index is 0.164. The Morgan fingerprint density at radius 1 is 1.35 bits per heavy atom. The van der Waals surface area contributed by atoms with Crippen LogP contribution in [0, 0.1) is 0 Å². The third-order valence-corrected chi connectivity index (χ3v) is 4.73. The van der Waals surface area contributed by atoms with Gasteiger partial charge in [-0.1, -0.05) is 24.3 Å². The van der Waals surface area contributed by atoms with Crippen molar-refractivity contribution < 1.29 is 5.11 Å². The van der Waals surface area contributed by atoms with Gasteiger partial charge < -0.3 is 5.11 Å². The highest BCUT2D eigenvalue weighted by atomic mass is 79.9. The van der Waals surface area contributed by atoms with Gasteiger partial charge in [0.25, 0.3) is 0 Å². The lowest BCUT2D eigenvalue weighted by Crippen LogP contribution is -2.16. The summed E-state index contributed by atoms with van der Waals surface area (Å²) in [5.74, 6) is 0.164. The first-order valence-corrected chi connectivity index (χ1v) is 7.87. The predicted octanol–water partition coefficient (Wildman–Crippen LogP) is 3.99. The Hall–Kier alpha value is -1.13. The third kappa shape index (κ3) is 2.21. The molecule has 2 aromatic rings. The molecule has 0 amide bonds. The molecule has 1 aliphatic rings. The summed E-state index contributed by atoms with van der Waals surface area (Å²) in [5.41, 5.74) is 3.54. The fourth-order valence-corrected chi connectivity index (χ4v) is 3.66. The van der Waals surface area contributed by atoms with Crippen molar-refractivity contribution in [2.75, 3.05) is 0 Å². The van der Waals surface area contributed by atoms with Crippen LogP contribution >= 0.6 is 15.9 Å². The maximum absolute atomic E-state index is 10.9. The Balaban J connectivity index is 1.99. The van der Waals surface area contributed by atoms with Crippen molar-refractivity contribution in [2.45, 2.75) is 44.8 Å². The summed E-state index contributed by atoms with van der Waals surface area (Å²) in [6.45, 7) is 4.16. The molecule has 20 heavy (non-hydrogen) atoms. The molecule has 2 unspecified atom stereocenters. The monoisotopic (exact) mass is 334 g/mol. The van der Waals surface area contributed by atoms with Crippen LogP contribution in [-0.2, 0) is 6.42 Å². The number of benzene rings is 1. The van der Waals surface area contributed by atoms with Gasteiger partial charge in [-0.15, -0.1) is 0 Å². The molecule has 1 aliphatic carbocycles. The SMILES string of the molecule is CC(C)n1ncc(Br)c1C(O)C1CCc2ccccc21. The van der Waals surface area contributed by atoms with E-state index >= 15 is 0 Å². The molecule has 3 rings (SSSR count). The maximum atomic E-state index is 10.9. The van der Waals surface area contributed by atoms with Crippen LogP contribution in [0.2, 0.25) is 0 Å². The van der Waals surface area contributed by atoms with E-state index in [0.29, 0.717) is 0 Å². The van der Waals surface area contributed by atoms with E-state index < -0.39 is 6.10 Å². The van der Waals surface area contributed by atoms with Crippen LogP contribution in [0.25, 0.3) is 0 Å². The molecule has 0 fully saturated rings. The van der Waals surface area contributed by atoms with E-state index in [1.807, 2.05) is 4.68 Å². The zero-order valence-corrected chi connectivity index (χ0v) is 13.3. The molecule has 1 aromatic heterocycles. The van der Waals surface area contributed by atoms with Crippen LogP contribution in [0.15, 0.2) is 34.9 Å².